The lowest BCUT2D eigenvalue weighted by Crippen LogP contribution is -2.48. The minimum absolute atomic E-state index is 0.116. The Labute approximate surface area is 191 Å². The Kier molecular flexibility index (Phi) is 5.99. The lowest BCUT2D eigenvalue weighted by atomic mass is 10.2. The zero-order valence-corrected chi connectivity index (χ0v) is 19.0. The molecular formula is C23H21ClN2O5S. The molecule has 1 atom stereocenters. The molecule has 3 aromatic carbocycles. The first kappa shape index (κ1) is 22.0. The summed E-state index contributed by atoms with van der Waals surface area (Å²) in [6, 6.07) is 18.0. The molecule has 9 heteroatoms. The summed E-state index contributed by atoms with van der Waals surface area (Å²) in [7, 11) is -2.41. The highest BCUT2D eigenvalue weighted by Gasteiger charge is 2.37. The van der Waals surface area contributed by atoms with Gasteiger partial charge in [-0.05, 0) is 61.5 Å². The van der Waals surface area contributed by atoms with Crippen LogP contribution in [0.25, 0.3) is 0 Å². The fraction of sp³-hybridized carbons (Fsp3) is 0.174. The van der Waals surface area contributed by atoms with Crippen LogP contribution in [0.3, 0.4) is 0 Å². The summed E-state index contributed by atoms with van der Waals surface area (Å²) in [6.45, 7) is 1.67. The SMILES string of the molecule is COc1ccc(NC(=O)[C@H]2CN(S(=O)(=O)c3ccc(C)cc3)c3cc(Cl)ccc3O2)cc1. The quantitative estimate of drug-likeness (QED) is 0.600. The van der Waals surface area contributed by atoms with Gasteiger partial charge in [-0.25, -0.2) is 8.42 Å². The van der Waals surface area contributed by atoms with Gasteiger partial charge in [-0.1, -0.05) is 29.3 Å². The van der Waals surface area contributed by atoms with Gasteiger partial charge in [0.25, 0.3) is 15.9 Å². The van der Waals surface area contributed by atoms with E-state index in [0.29, 0.717) is 16.5 Å². The van der Waals surface area contributed by atoms with Crippen molar-refractivity contribution in [3.05, 3.63) is 77.3 Å². The van der Waals surface area contributed by atoms with E-state index < -0.39 is 22.0 Å². The van der Waals surface area contributed by atoms with Gasteiger partial charge in [-0.3, -0.25) is 9.10 Å². The van der Waals surface area contributed by atoms with E-state index in [1.54, 1.807) is 55.6 Å². The van der Waals surface area contributed by atoms with Crippen molar-refractivity contribution in [3.8, 4) is 11.5 Å². The van der Waals surface area contributed by atoms with E-state index in [0.717, 1.165) is 5.56 Å². The lowest BCUT2D eigenvalue weighted by Gasteiger charge is -2.34. The van der Waals surface area contributed by atoms with Crippen LogP contribution in [0.4, 0.5) is 11.4 Å². The van der Waals surface area contributed by atoms with Gasteiger partial charge in [-0.2, -0.15) is 0 Å². The Morgan fingerprint density at radius 1 is 1.09 bits per heavy atom. The Balaban J connectivity index is 1.66. The van der Waals surface area contributed by atoms with Crippen LogP contribution in [-0.4, -0.2) is 34.1 Å². The third kappa shape index (κ3) is 4.37. The van der Waals surface area contributed by atoms with Crippen molar-refractivity contribution in [2.75, 3.05) is 23.3 Å². The predicted octanol–water partition coefficient (Wildman–Crippen LogP) is 4.25. The standard InChI is InChI=1S/C23H21ClN2O5S/c1-15-3-10-19(11-4-15)32(28,29)26-14-22(31-21-12-5-16(24)13-20(21)26)23(27)25-17-6-8-18(30-2)9-7-17/h3-13,22H,14H2,1-2H3,(H,25,27)/t22-/m1/s1. The van der Waals surface area contributed by atoms with Gasteiger partial charge in [0.05, 0.1) is 24.2 Å². The van der Waals surface area contributed by atoms with Gasteiger partial charge < -0.3 is 14.8 Å². The summed E-state index contributed by atoms with van der Waals surface area (Å²) in [6.07, 6.45) is -1.06. The second kappa shape index (κ2) is 8.72. The van der Waals surface area contributed by atoms with Crippen molar-refractivity contribution < 1.29 is 22.7 Å². The zero-order chi connectivity index (χ0) is 22.9. The largest absolute Gasteiger partial charge is 0.497 e. The Bertz CT molecular complexity index is 1240. The van der Waals surface area contributed by atoms with Crippen LogP contribution in [0.5, 0.6) is 11.5 Å². The number of anilines is 2. The van der Waals surface area contributed by atoms with Crippen LogP contribution < -0.4 is 19.1 Å². The Hall–Kier alpha value is -3.23. The van der Waals surface area contributed by atoms with Crippen LogP contribution in [0.1, 0.15) is 5.56 Å². The van der Waals surface area contributed by atoms with E-state index in [1.165, 1.54) is 22.5 Å². The number of rotatable bonds is 5. The number of carbonyl (C=O) groups is 1. The number of sulfonamides is 1. The molecule has 1 amide bonds. The molecule has 1 aliphatic heterocycles. The molecule has 1 heterocycles. The second-order valence-electron chi connectivity index (χ2n) is 7.29. The molecule has 7 nitrogen and oxygen atoms in total. The smallest absolute Gasteiger partial charge is 0.267 e. The van der Waals surface area contributed by atoms with Crippen LogP contribution in [0.2, 0.25) is 5.02 Å². The summed E-state index contributed by atoms with van der Waals surface area (Å²) in [5.74, 6) is 0.434. The molecular weight excluding hydrogens is 452 g/mol. The highest BCUT2D eigenvalue weighted by molar-refractivity contribution is 7.92. The molecule has 0 saturated carbocycles. The molecule has 0 saturated heterocycles. The molecule has 1 aliphatic rings. The summed E-state index contributed by atoms with van der Waals surface area (Å²) in [4.78, 5) is 13.1. The number of hydrogen-bond acceptors (Lipinski definition) is 5. The maximum Gasteiger partial charge on any atom is 0.267 e. The van der Waals surface area contributed by atoms with Crippen LogP contribution in [0.15, 0.2) is 71.6 Å². The van der Waals surface area contributed by atoms with Crippen molar-refractivity contribution in [1.29, 1.82) is 0 Å². The predicted molar refractivity (Wildman–Crippen MR) is 123 cm³/mol. The van der Waals surface area contributed by atoms with Crippen LogP contribution >= 0.6 is 11.6 Å². The van der Waals surface area contributed by atoms with Gasteiger partial charge in [0.15, 0.2) is 6.10 Å². The summed E-state index contributed by atoms with van der Waals surface area (Å²) in [5, 5.41) is 3.12. The normalized spacial score (nSPS) is 15.5. The molecule has 0 bridgehead atoms. The van der Waals surface area contributed by atoms with E-state index in [9.17, 15) is 13.2 Å². The van der Waals surface area contributed by atoms with Gasteiger partial charge in [-0.15, -0.1) is 0 Å². The number of methoxy groups -OCH3 is 1. The fourth-order valence-electron chi connectivity index (χ4n) is 3.32. The number of halogens is 1. The monoisotopic (exact) mass is 472 g/mol. The minimum Gasteiger partial charge on any atom is -0.497 e. The average molecular weight is 473 g/mol. The number of nitrogens with zero attached hydrogens (tertiary/aromatic N) is 1. The average Bonchev–Trinajstić information content (AvgIpc) is 2.79. The molecule has 0 aromatic heterocycles. The first-order chi connectivity index (χ1) is 15.3. The highest BCUT2D eigenvalue weighted by Crippen LogP contribution is 2.39. The first-order valence-corrected chi connectivity index (χ1v) is 11.6. The lowest BCUT2D eigenvalue weighted by molar-refractivity contribution is -0.122. The van der Waals surface area contributed by atoms with Crippen molar-refractivity contribution in [2.45, 2.75) is 17.9 Å². The number of amides is 1. The molecule has 166 valence electrons. The fourth-order valence-corrected chi connectivity index (χ4v) is 4.96. The summed E-state index contributed by atoms with van der Waals surface area (Å²) < 4.78 is 39.0. The molecule has 4 rings (SSSR count). The molecule has 3 aromatic rings. The van der Waals surface area contributed by atoms with E-state index in [2.05, 4.69) is 5.32 Å². The number of fused-ring (bicyclic) bond motifs is 1. The van der Waals surface area contributed by atoms with Gasteiger partial charge in [0.1, 0.15) is 11.5 Å². The molecule has 0 spiro atoms. The van der Waals surface area contributed by atoms with Gasteiger partial charge >= 0.3 is 0 Å². The number of ether oxygens (including phenoxy) is 2. The Morgan fingerprint density at radius 3 is 2.44 bits per heavy atom. The van der Waals surface area contributed by atoms with Crippen molar-refractivity contribution in [1.82, 2.24) is 0 Å². The van der Waals surface area contributed by atoms with Crippen molar-refractivity contribution in [2.24, 2.45) is 0 Å². The molecule has 0 radical (unpaired) electrons. The van der Waals surface area contributed by atoms with E-state index in [4.69, 9.17) is 21.1 Å². The van der Waals surface area contributed by atoms with E-state index in [-0.39, 0.29) is 22.9 Å². The van der Waals surface area contributed by atoms with Crippen LogP contribution in [0, 0.1) is 6.92 Å². The highest BCUT2D eigenvalue weighted by atomic mass is 35.5. The number of hydrogen-bond donors (Lipinski definition) is 1. The first-order valence-electron chi connectivity index (χ1n) is 9.78. The van der Waals surface area contributed by atoms with E-state index in [1.807, 2.05) is 6.92 Å². The van der Waals surface area contributed by atoms with Crippen molar-refractivity contribution in [3.63, 3.8) is 0 Å². The number of benzene rings is 3. The Morgan fingerprint density at radius 2 is 1.78 bits per heavy atom. The summed E-state index contributed by atoms with van der Waals surface area (Å²) in [5.41, 5.74) is 1.76. The maximum absolute atomic E-state index is 13.5. The van der Waals surface area contributed by atoms with Gasteiger partial charge in [0, 0.05) is 10.7 Å². The zero-order valence-electron chi connectivity index (χ0n) is 17.4. The molecule has 1 N–H and O–H groups in total. The summed E-state index contributed by atoms with van der Waals surface area (Å²) >= 11 is 6.12. The maximum atomic E-state index is 13.5. The van der Waals surface area contributed by atoms with Crippen molar-refractivity contribution >= 4 is 38.9 Å². The minimum atomic E-state index is -3.96. The number of nitrogens with one attached hydrogen (secondary N) is 1. The molecule has 32 heavy (non-hydrogen) atoms. The molecule has 0 aliphatic carbocycles. The molecule has 0 unspecified atom stereocenters. The third-order valence-corrected chi connectivity index (χ3v) is 7.08. The van der Waals surface area contributed by atoms with Crippen LogP contribution in [-0.2, 0) is 14.8 Å². The third-order valence-electron chi connectivity index (χ3n) is 5.05. The second-order valence-corrected chi connectivity index (χ2v) is 9.58. The molecule has 0 fully saturated rings. The topological polar surface area (TPSA) is 84.9 Å². The van der Waals surface area contributed by atoms with Gasteiger partial charge in [0.2, 0.25) is 0 Å². The van der Waals surface area contributed by atoms with E-state index >= 15 is 0 Å². The number of aryl methyl sites for hydroxylation is 1. The number of carbonyl (C=O) groups excluding carboxylic acids is 1.